The second-order valence-corrected chi connectivity index (χ2v) is 9.79. The van der Waals surface area contributed by atoms with Crippen LogP contribution in [0.5, 0.6) is 5.75 Å². The second kappa shape index (κ2) is 15.2. The van der Waals surface area contributed by atoms with E-state index in [0.717, 1.165) is 0 Å². The molecule has 2 aromatic rings. The fourth-order valence-corrected chi connectivity index (χ4v) is 3.89. The zero-order valence-electron chi connectivity index (χ0n) is 22.4. The van der Waals surface area contributed by atoms with Crippen LogP contribution in [-0.2, 0) is 36.8 Å². The number of carbonyl (C=O) groups is 5. The quantitative estimate of drug-likeness (QED) is 0.163. The highest BCUT2D eigenvalue weighted by Gasteiger charge is 2.31. The molecule has 0 aliphatic rings. The molecule has 0 aliphatic heterocycles. The minimum absolute atomic E-state index is 0.0167. The summed E-state index contributed by atoms with van der Waals surface area (Å²) in [5, 5.41) is 35.6. The maximum absolute atomic E-state index is 13.3. The molecule has 4 atom stereocenters. The molecule has 12 nitrogen and oxygen atoms in total. The van der Waals surface area contributed by atoms with Crippen molar-refractivity contribution in [1.29, 1.82) is 0 Å². The molecule has 40 heavy (non-hydrogen) atoms. The third-order valence-corrected chi connectivity index (χ3v) is 6.15. The Morgan fingerprint density at radius 2 is 1.30 bits per heavy atom. The lowest BCUT2D eigenvalue weighted by Crippen LogP contribution is -2.58. The average Bonchev–Trinajstić information content (AvgIpc) is 2.90. The van der Waals surface area contributed by atoms with Gasteiger partial charge in [-0.3, -0.25) is 19.2 Å². The first kappa shape index (κ1) is 31.8. The number of phenols is 1. The number of rotatable bonds is 15. The Morgan fingerprint density at radius 3 is 1.85 bits per heavy atom. The number of nitrogens with two attached hydrogens (primary N) is 1. The van der Waals surface area contributed by atoms with Gasteiger partial charge in [0.2, 0.25) is 17.7 Å². The van der Waals surface area contributed by atoms with Gasteiger partial charge in [-0.05, 0) is 42.0 Å². The zero-order valence-corrected chi connectivity index (χ0v) is 22.4. The number of benzene rings is 2. The van der Waals surface area contributed by atoms with Crippen LogP contribution in [-0.4, -0.2) is 69.1 Å². The van der Waals surface area contributed by atoms with Crippen molar-refractivity contribution >= 4 is 29.7 Å². The summed E-state index contributed by atoms with van der Waals surface area (Å²) < 4.78 is 0. The van der Waals surface area contributed by atoms with E-state index in [1.54, 1.807) is 56.3 Å². The minimum Gasteiger partial charge on any atom is -0.508 e. The molecular weight excluding hydrogens is 520 g/mol. The van der Waals surface area contributed by atoms with Gasteiger partial charge in [0.05, 0.1) is 6.04 Å². The molecule has 2 rings (SSSR count). The number of carbonyl (C=O) groups excluding carboxylic acids is 3. The molecule has 0 spiro atoms. The third-order valence-electron chi connectivity index (χ3n) is 6.15. The number of phenolic OH excluding ortho intramolecular Hbond substituents is 1. The Kier molecular flexibility index (Phi) is 12.1. The number of hydrogen-bond donors (Lipinski definition) is 7. The van der Waals surface area contributed by atoms with Crippen LogP contribution >= 0.6 is 0 Å². The largest absolute Gasteiger partial charge is 0.508 e. The van der Waals surface area contributed by atoms with Crippen molar-refractivity contribution in [2.75, 3.05) is 0 Å². The summed E-state index contributed by atoms with van der Waals surface area (Å²) >= 11 is 0. The zero-order chi connectivity index (χ0) is 29.8. The van der Waals surface area contributed by atoms with Crippen molar-refractivity contribution in [1.82, 2.24) is 16.0 Å². The van der Waals surface area contributed by atoms with E-state index in [9.17, 15) is 34.2 Å². The molecule has 3 amide bonds. The third kappa shape index (κ3) is 10.4. The van der Waals surface area contributed by atoms with E-state index in [0.29, 0.717) is 11.1 Å². The SMILES string of the molecule is CC(C)C(NC(=O)C(Cc1ccccc1)NC(=O)C(CCC(=O)O)NC(=O)C(N)Cc1ccc(O)cc1)C(=O)O. The van der Waals surface area contributed by atoms with Gasteiger partial charge < -0.3 is 37.0 Å². The molecule has 0 aliphatic carbocycles. The smallest absolute Gasteiger partial charge is 0.326 e. The molecule has 0 saturated heterocycles. The van der Waals surface area contributed by atoms with Crippen LogP contribution in [0.3, 0.4) is 0 Å². The first-order valence-electron chi connectivity index (χ1n) is 12.8. The van der Waals surface area contributed by atoms with Gasteiger partial charge in [-0.25, -0.2) is 4.79 Å². The second-order valence-electron chi connectivity index (χ2n) is 9.79. The Balaban J connectivity index is 2.22. The van der Waals surface area contributed by atoms with E-state index in [-0.39, 0.29) is 25.0 Å². The highest BCUT2D eigenvalue weighted by molar-refractivity contribution is 5.94. The van der Waals surface area contributed by atoms with Crippen LogP contribution in [0.4, 0.5) is 0 Å². The first-order chi connectivity index (χ1) is 18.9. The summed E-state index contributed by atoms with van der Waals surface area (Å²) in [6.45, 7) is 3.26. The molecule has 0 saturated carbocycles. The summed E-state index contributed by atoms with van der Waals surface area (Å²) in [5.41, 5.74) is 7.35. The van der Waals surface area contributed by atoms with Crippen LogP contribution in [0, 0.1) is 5.92 Å². The van der Waals surface area contributed by atoms with Crippen molar-refractivity contribution in [2.45, 2.75) is 63.7 Å². The topological polar surface area (TPSA) is 208 Å². The van der Waals surface area contributed by atoms with Crippen LogP contribution in [0.15, 0.2) is 54.6 Å². The summed E-state index contributed by atoms with van der Waals surface area (Å²) in [7, 11) is 0. The lowest BCUT2D eigenvalue weighted by atomic mass is 10.0. The number of nitrogens with one attached hydrogen (secondary N) is 3. The number of carboxylic acids is 2. The van der Waals surface area contributed by atoms with E-state index < -0.39 is 66.2 Å². The Bertz CT molecular complexity index is 1170. The predicted octanol–water partition coefficient (Wildman–Crippen LogP) is 0.565. The molecule has 0 radical (unpaired) electrons. The highest BCUT2D eigenvalue weighted by atomic mass is 16.4. The van der Waals surface area contributed by atoms with Gasteiger partial charge in [0.15, 0.2) is 0 Å². The standard InChI is InChI=1S/C28H36N4O8/c1-16(2)24(28(39)40)32-27(38)22(15-17-6-4-3-5-7-17)31-26(37)21(12-13-23(34)35)30-25(36)20(29)14-18-8-10-19(33)11-9-18/h3-11,16,20-22,24,33H,12-15,29H2,1-2H3,(H,30,36)(H,31,37)(H,32,38)(H,34,35)(H,39,40). The highest BCUT2D eigenvalue weighted by Crippen LogP contribution is 2.12. The predicted molar refractivity (Wildman–Crippen MR) is 145 cm³/mol. The molecular formula is C28H36N4O8. The Hall–Kier alpha value is -4.45. The van der Waals surface area contributed by atoms with Crippen LogP contribution < -0.4 is 21.7 Å². The summed E-state index contributed by atoms with van der Waals surface area (Å²) in [4.78, 5) is 62.1. The molecule has 4 unspecified atom stereocenters. The number of hydrogen-bond acceptors (Lipinski definition) is 7. The van der Waals surface area contributed by atoms with E-state index in [4.69, 9.17) is 10.8 Å². The Morgan fingerprint density at radius 1 is 0.750 bits per heavy atom. The summed E-state index contributed by atoms with van der Waals surface area (Å²) in [5.74, 6) is -5.10. The first-order valence-corrected chi connectivity index (χ1v) is 12.8. The van der Waals surface area contributed by atoms with Gasteiger partial charge in [0, 0.05) is 12.8 Å². The van der Waals surface area contributed by atoms with Gasteiger partial charge in [0.1, 0.15) is 23.9 Å². The van der Waals surface area contributed by atoms with Crippen LogP contribution in [0.25, 0.3) is 0 Å². The lowest BCUT2D eigenvalue weighted by Gasteiger charge is -2.26. The van der Waals surface area contributed by atoms with Crippen molar-refractivity contribution in [3.8, 4) is 5.75 Å². The van der Waals surface area contributed by atoms with E-state index in [1.165, 1.54) is 12.1 Å². The van der Waals surface area contributed by atoms with Gasteiger partial charge in [0.25, 0.3) is 0 Å². The van der Waals surface area contributed by atoms with E-state index in [1.807, 2.05) is 0 Å². The molecule has 12 heteroatoms. The van der Waals surface area contributed by atoms with Crippen molar-refractivity contribution < 1.29 is 39.3 Å². The van der Waals surface area contributed by atoms with Gasteiger partial charge in [-0.1, -0.05) is 56.3 Å². The normalized spacial score (nSPS) is 13.9. The van der Waals surface area contributed by atoms with Crippen molar-refractivity contribution in [3.05, 3.63) is 65.7 Å². The van der Waals surface area contributed by atoms with Gasteiger partial charge in [-0.2, -0.15) is 0 Å². The van der Waals surface area contributed by atoms with Gasteiger partial charge in [-0.15, -0.1) is 0 Å². The number of amides is 3. The maximum Gasteiger partial charge on any atom is 0.326 e. The molecule has 216 valence electrons. The minimum atomic E-state index is -1.33. The van der Waals surface area contributed by atoms with Crippen LogP contribution in [0.2, 0.25) is 0 Å². The van der Waals surface area contributed by atoms with Crippen LogP contribution in [0.1, 0.15) is 37.8 Å². The molecule has 0 fully saturated rings. The van der Waals surface area contributed by atoms with E-state index in [2.05, 4.69) is 16.0 Å². The fourth-order valence-electron chi connectivity index (χ4n) is 3.89. The van der Waals surface area contributed by atoms with Gasteiger partial charge >= 0.3 is 11.9 Å². The molecule has 0 aromatic heterocycles. The number of carboxylic acid groups (broad SMARTS) is 2. The number of aromatic hydroxyl groups is 1. The molecule has 0 heterocycles. The van der Waals surface area contributed by atoms with E-state index >= 15 is 0 Å². The number of aliphatic carboxylic acids is 2. The summed E-state index contributed by atoms with van der Waals surface area (Å²) in [6, 6.07) is 9.93. The van der Waals surface area contributed by atoms with Crippen molar-refractivity contribution in [2.24, 2.45) is 11.7 Å². The molecule has 8 N–H and O–H groups in total. The van der Waals surface area contributed by atoms with Crippen molar-refractivity contribution in [3.63, 3.8) is 0 Å². The average molecular weight is 557 g/mol. The fraction of sp³-hybridized carbons (Fsp3) is 0.393. The molecule has 0 bridgehead atoms. The molecule has 2 aromatic carbocycles. The monoisotopic (exact) mass is 556 g/mol. The Labute approximate surface area is 232 Å². The lowest BCUT2D eigenvalue weighted by molar-refractivity contribution is -0.143. The summed E-state index contributed by atoms with van der Waals surface area (Å²) in [6.07, 6.45) is -0.620. The maximum atomic E-state index is 13.3.